The summed E-state index contributed by atoms with van der Waals surface area (Å²) in [6, 6.07) is 0. The van der Waals surface area contributed by atoms with E-state index >= 15 is 0 Å². The molecule has 0 bridgehead atoms. The number of anilines is 1. The Morgan fingerprint density at radius 3 is 2.94 bits per heavy atom. The first-order chi connectivity index (χ1) is 7.89. The maximum Gasteiger partial charge on any atom is 0.188 e. The normalized spacial score (nSPS) is 26.6. The zero-order chi connectivity index (χ0) is 12.5. The second-order valence-electron chi connectivity index (χ2n) is 4.32. The zero-order valence-electron chi connectivity index (χ0n) is 9.26. The highest BCUT2D eigenvalue weighted by Gasteiger charge is 2.38. The number of thiazole rings is 1. The molecule has 0 spiro atoms. The summed E-state index contributed by atoms with van der Waals surface area (Å²) in [4.78, 5) is 4.04. The topological polar surface area (TPSA) is 71.1 Å². The molecule has 2 rings (SSSR count). The summed E-state index contributed by atoms with van der Waals surface area (Å²) in [5, 5.41) is 8.95. The lowest BCUT2D eigenvalue weighted by atomic mass is 10.0. The molecule has 0 saturated carbocycles. The van der Waals surface area contributed by atoms with Crippen LogP contribution in [0.1, 0.15) is 13.3 Å². The van der Waals surface area contributed by atoms with Crippen LogP contribution in [0.4, 0.5) is 5.13 Å². The second-order valence-corrected chi connectivity index (χ2v) is 7.81. The predicted molar refractivity (Wildman–Crippen MR) is 73.1 cm³/mol. The van der Waals surface area contributed by atoms with Crippen molar-refractivity contribution < 1.29 is 8.42 Å². The molecule has 0 aromatic carbocycles. The fourth-order valence-corrected chi connectivity index (χ4v) is 4.83. The van der Waals surface area contributed by atoms with Crippen molar-refractivity contribution in [1.82, 2.24) is 10.3 Å². The summed E-state index contributed by atoms with van der Waals surface area (Å²) in [5.74, 6) is 0.343. The van der Waals surface area contributed by atoms with Gasteiger partial charge in [0.1, 0.15) is 0 Å². The van der Waals surface area contributed by atoms with Gasteiger partial charge in [0.2, 0.25) is 0 Å². The standard InChI is InChI=1S/C9H13N3O2S3/c1-9(2-5-17(13,14)6-9)12-7(15)11-8-10-3-4-16-8/h3-4H,2,5-6H2,1H3,(H2,10,11,12,15)/t9-/m0/s1. The van der Waals surface area contributed by atoms with Crippen LogP contribution in [0.5, 0.6) is 0 Å². The van der Waals surface area contributed by atoms with E-state index in [0.717, 1.165) is 0 Å². The Labute approximate surface area is 110 Å². The van der Waals surface area contributed by atoms with Gasteiger partial charge in [-0.05, 0) is 25.6 Å². The maximum absolute atomic E-state index is 11.4. The average molecular weight is 291 g/mol. The van der Waals surface area contributed by atoms with Crippen LogP contribution < -0.4 is 10.6 Å². The Hall–Kier alpha value is -0.730. The van der Waals surface area contributed by atoms with E-state index in [1.165, 1.54) is 11.3 Å². The zero-order valence-corrected chi connectivity index (χ0v) is 11.7. The molecule has 2 N–H and O–H groups in total. The van der Waals surface area contributed by atoms with Crippen molar-refractivity contribution in [3.05, 3.63) is 11.6 Å². The number of rotatable bonds is 2. The lowest BCUT2D eigenvalue weighted by molar-refractivity contribution is 0.474. The third-order valence-electron chi connectivity index (χ3n) is 2.57. The van der Waals surface area contributed by atoms with Crippen LogP contribution in [-0.4, -0.2) is 35.6 Å². The van der Waals surface area contributed by atoms with Crippen molar-refractivity contribution in [2.45, 2.75) is 18.9 Å². The molecule has 0 unspecified atom stereocenters. The van der Waals surface area contributed by atoms with Crippen LogP contribution in [0.15, 0.2) is 11.6 Å². The van der Waals surface area contributed by atoms with Gasteiger partial charge < -0.3 is 10.6 Å². The van der Waals surface area contributed by atoms with E-state index in [9.17, 15) is 8.42 Å². The van der Waals surface area contributed by atoms with Gasteiger partial charge in [-0.3, -0.25) is 0 Å². The SMILES string of the molecule is C[C@]1(NC(=S)Nc2nccs2)CCS(=O)(=O)C1. The molecule has 0 radical (unpaired) electrons. The fraction of sp³-hybridized carbons (Fsp3) is 0.556. The highest BCUT2D eigenvalue weighted by molar-refractivity contribution is 7.91. The summed E-state index contributed by atoms with van der Waals surface area (Å²) in [6.07, 6.45) is 2.26. The van der Waals surface area contributed by atoms with Gasteiger partial charge in [0.25, 0.3) is 0 Å². The molecule has 94 valence electrons. The molecule has 0 amide bonds. The molecule has 0 aliphatic carbocycles. The van der Waals surface area contributed by atoms with E-state index in [0.29, 0.717) is 16.7 Å². The largest absolute Gasteiger partial charge is 0.356 e. The number of nitrogens with zero attached hydrogens (tertiary/aromatic N) is 1. The number of aromatic nitrogens is 1. The van der Waals surface area contributed by atoms with Gasteiger partial charge in [0.15, 0.2) is 20.1 Å². The van der Waals surface area contributed by atoms with Gasteiger partial charge >= 0.3 is 0 Å². The van der Waals surface area contributed by atoms with E-state index in [1.54, 1.807) is 6.20 Å². The Bertz CT molecular complexity index is 512. The summed E-state index contributed by atoms with van der Waals surface area (Å²) in [7, 11) is -2.92. The average Bonchev–Trinajstić information content (AvgIpc) is 2.74. The Balaban J connectivity index is 1.95. The molecule has 2 heterocycles. The van der Waals surface area contributed by atoms with Crippen molar-refractivity contribution in [3.63, 3.8) is 0 Å². The molecular weight excluding hydrogens is 278 g/mol. The van der Waals surface area contributed by atoms with Gasteiger partial charge in [0.05, 0.1) is 17.0 Å². The first-order valence-corrected chi connectivity index (χ1v) is 8.19. The molecule has 5 nitrogen and oxygen atoms in total. The van der Waals surface area contributed by atoms with E-state index in [2.05, 4.69) is 15.6 Å². The van der Waals surface area contributed by atoms with Crippen molar-refractivity contribution in [3.8, 4) is 0 Å². The van der Waals surface area contributed by atoms with E-state index < -0.39 is 15.4 Å². The van der Waals surface area contributed by atoms with Crippen molar-refractivity contribution in [2.24, 2.45) is 0 Å². The molecule has 8 heteroatoms. The summed E-state index contributed by atoms with van der Waals surface area (Å²) in [6.45, 7) is 1.87. The Morgan fingerprint density at radius 2 is 2.41 bits per heavy atom. The lowest BCUT2D eigenvalue weighted by Gasteiger charge is -2.25. The number of sulfone groups is 1. The molecule has 17 heavy (non-hydrogen) atoms. The van der Waals surface area contributed by atoms with Gasteiger partial charge in [-0.25, -0.2) is 13.4 Å². The molecule has 1 fully saturated rings. The second kappa shape index (κ2) is 4.51. The molecule has 1 aliphatic rings. The summed E-state index contributed by atoms with van der Waals surface area (Å²) >= 11 is 6.57. The molecule has 1 aliphatic heterocycles. The Morgan fingerprint density at radius 1 is 1.65 bits per heavy atom. The molecule has 1 aromatic heterocycles. The summed E-state index contributed by atoms with van der Waals surface area (Å²) in [5.41, 5.74) is -0.472. The molecule has 1 aromatic rings. The minimum atomic E-state index is -2.92. The van der Waals surface area contributed by atoms with Gasteiger partial charge in [-0.2, -0.15) is 0 Å². The lowest BCUT2D eigenvalue weighted by Crippen LogP contribution is -2.48. The van der Waals surface area contributed by atoms with Gasteiger partial charge in [-0.15, -0.1) is 11.3 Å². The van der Waals surface area contributed by atoms with Gasteiger partial charge in [-0.1, -0.05) is 0 Å². The highest BCUT2D eigenvalue weighted by Crippen LogP contribution is 2.23. The van der Waals surface area contributed by atoms with Crippen LogP contribution in [0.3, 0.4) is 0 Å². The van der Waals surface area contributed by atoms with E-state index in [-0.39, 0.29) is 11.5 Å². The smallest absolute Gasteiger partial charge is 0.188 e. The van der Waals surface area contributed by atoms with Crippen LogP contribution in [-0.2, 0) is 9.84 Å². The van der Waals surface area contributed by atoms with Crippen LogP contribution in [0, 0.1) is 0 Å². The van der Waals surface area contributed by atoms with Crippen molar-refractivity contribution in [1.29, 1.82) is 0 Å². The monoisotopic (exact) mass is 291 g/mol. The summed E-state index contributed by atoms with van der Waals surface area (Å²) < 4.78 is 22.9. The number of thiocarbonyl (C=S) groups is 1. The first-order valence-electron chi connectivity index (χ1n) is 5.08. The van der Waals surface area contributed by atoms with E-state index in [1.807, 2.05) is 12.3 Å². The fourth-order valence-electron chi connectivity index (χ4n) is 1.80. The van der Waals surface area contributed by atoms with Crippen LogP contribution >= 0.6 is 23.6 Å². The van der Waals surface area contributed by atoms with Crippen molar-refractivity contribution in [2.75, 3.05) is 16.8 Å². The molecule has 1 atom stereocenters. The first kappa shape index (κ1) is 12.7. The van der Waals surface area contributed by atoms with Crippen LogP contribution in [0.25, 0.3) is 0 Å². The number of hydrogen-bond acceptors (Lipinski definition) is 5. The molecular formula is C9H13N3O2S3. The minimum Gasteiger partial charge on any atom is -0.356 e. The van der Waals surface area contributed by atoms with E-state index in [4.69, 9.17) is 12.2 Å². The van der Waals surface area contributed by atoms with Crippen molar-refractivity contribution >= 4 is 43.6 Å². The quantitative estimate of drug-likeness (QED) is 0.792. The Kier molecular flexibility index (Phi) is 3.37. The van der Waals surface area contributed by atoms with Crippen LogP contribution in [0.2, 0.25) is 0 Å². The third kappa shape index (κ3) is 3.36. The third-order valence-corrected chi connectivity index (χ3v) is 5.37. The number of nitrogens with one attached hydrogen (secondary N) is 2. The molecule has 1 saturated heterocycles. The predicted octanol–water partition coefficient (Wildman–Crippen LogP) is 1.01. The van der Waals surface area contributed by atoms with Gasteiger partial charge in [0, 0.05) is 11.6 Å². The number of hydrogen-bond donors (Lipinski definition) is 2. The minimum absolute atomic E-state index is 0.125. The maximum atomic E-state index is 11.4. The highest BCUT2D eigenvalue weighted by atomic mass is 32.2.